The Labute approximate surface area is 108 Å². The lowest BCUT2D eigenvalue weighted by Gasteiger charge is -2.11. The second-order valence-electron chi connectivity index (χ2n) is 4.16. The highest BCUT2D eigenvalue weighted by Gasteiger charge is 2.04. The lowest BCUT2D eigenvalue weighted by molar-refractivity contribution is 0.271. The SMILES string of the molecule is CN(C)CCCOc1cc(C#CCN)ccc1F. The summed E-state index contributed by atoms with van der Waals surface area (Å²) >= 11 is 0. The van der Waals surface area contributed by atoms with Crippen LogP contribution >= 0.6 is 0 Å². The smallest absolute Gasteiger partial charge is 0.165 e. The maximum absolute atomic E-state index is 13.5. The topological polar surface area (TPSA) is 38.5 Å². The molecule has 18 heavy (non-hydrogen) atoms. The van der Waals surface area contributed by atoms with Crippen molar-refractivity contribution in [1.82, 2.24) is 4.90 Å². The van der Waals surface area contributed by atoms with Gasteiger partial charge in [0, 0.05) is 12.1 Å². The summed E-state index contributed by atoms with van der Waals surface area (Å²) in [6.45, 7) is 1.69. The van der Waals surface area contributed by atoms with E-state index in [1.807, 2.05) is 14.1 Å². The number of nitrogens with zero attached hydrogens (tertiary/aromatic N) is 1. The second-order valence-corrected chi connectivity index (χ2v) is 4.16. The van der Waals surface area contributed by atoms with Gasteiger partial charge in [0.15, 0.2) is 11.6 Å². The molecule has 3 nitrogen and oxygen atoms in total. The van der Waals surface area contributed by atoms with Crippen LogP contribution in [-0.2, 0) is 0 Å². The zero-order valence-corrected chi connectivity index (χ0v) is 10.9. The minimum atomic E-state index is -0.363. The molecular weight excluding hydrogens is 231 g/mol. The van der Waals surface area contributed by atoms with Crippen molar-refractivity contribution in [3.63, 3.8) is 0 Å². The first-order valence-corrected chi connectivity index (χ1v) is 5.89. The van der Waals surface area contributed by atoms with Crippen LogP contribution in [0.5, 0.6) is 5.75 Å². The summed E-state index contributed by atoms with van der Waals surface area (Å²) < 4.78 is 18.9. The molecule has 1 aromatic rings. The lowest BCUT2D eigenvalue weighted by Crippen LogP contribution is -2.15. The van der Waals surface area contributed by atoms with Crippen LogP contribution in [0.2, 0.25) is 0 Å². The van der Waals surface area contributed by atoms with Gasteiger partial charge in [0.05, 0.1) is 13.2 Å². The third-order valence-electron chi connectivity index (χ3n) is 2.27. The summed E-state index contributed by atoms with van der Waals surface area (Å²) in [4.78, 5) is 2.06. The predicted molar refractivity (Wildman–Crippen MR) is 71.0 cm³/mol. The Morgan fingerprint density at radius 1 is 1.39 bits per heavy atom. The van der Waals surface area contributed by atoms with E-state index in [-0.39, 0.29) is 18.1 Å². The number of rotatable bonds is 5. The molecule has 0 unspecified atom stereocenters. The van der Waals surface area contributed by atoms with E-state index in [1.165, 1.54) is 6.07 Å². The fraction of sp³-hybridized carbons (Fsp3) is 0.429. The molecule has 0 aromatic heterocycles. The Morgan fingerprint density at radius 3 is 2.83 bits per heavy atom. The van der Waals surface area contributed by atoms with E-state index in [4.69, 9.17) is 10.5 Å². The largest absolute Gasteiger partial charge is 0.490 e. The number of hydrogen-bond acceptors (Lipinski definition) is 3. The molecule has 0 aliphatic rings. The number of ether oxygens (including phenoxy) is 1. The van der Waals surface area contributed by atoms with Crippen molar-refractivity contribution in [1.29, 1.82) is 0 Å². The van der Waals surface area contributed by atoms with Crippen LogP contribution in [-0.4, -0.2) is 38.7 Å². The van der Waals surface area contributed by atoms with Crippen molar-refractivity contribution in [3.8, 4) is 17.6 Å². The summed E-state index contributed by atoms with van der Waals surface area (Å²) in [5.74, 6) is 5.46. The Hall–Kier alpha value is -1.57. The first-order valence-electron chi connectivity index (χ1n) is 5.89. The van der Waals surface area contributed by atoms with Crippen molar-refractivity contribution in [2.75, 3.05) is 33.8 Å². The molecule has 98 valence electrons. The first kappa shape index (κ1) is 14.5. The highest BCUT2D eigenvalue weighted by molar-refractivity contribution is 5.40. The van der Waals surface area contributed by atoms with Crippen LogP contribution < -0.4 is 10.5 Å². The monoisotopic (exact) mass is 250 g/mol. The summed E-state index contributed by atoms with van der Waals surface area (Å²) in [6.07, 6.45) is 0.852. The average Bonchev–Trinajstić information content (AvgIpc) is 2.34. The predicted octanol–water partition coefficient (Wildman–Crippen LogP) is 1.47. The zero-order valence-electron chi connectivity index (χ0n) is 10.9. The molecule has 1 rings (SSSR count). The third kappa shape index (κ3) is 5.17. The number of halogens is 1. The van der Waals surface area contributed by atoms with E-state index >= 15 is 0 Å². The van der Waals surface area contributed by atoms with Crippen molar-refractivity contribution in [3.05, 3.63) is 29.6 Å². The molecule has 0 aliphatic carbocycles. The Bertz CT molecular complexity index is 435. The number of hydrogen-bond donors (Lipinski definition) is 1. The van der Waals surface area contributed by atoms with Gasteiger partial charge in [-0.3, -0.25) is 0 Å². The molecule has 0 spiro atoms. The van der Waals surface area contributed by atoms with Crippen LogP contribution in [0.15, 0.2) is 18.2 Å². The van der Waals surface area contributed by atoms with Crippen LogP contribution in [0.25, 0.3) is 0 Å². The minimum absolute atomic E-state index is 0.248. The fourth-order valence-electron chi connectivity index (χ4n) is 1.41. The van der Waals surface area contributed by atoms with Gasteiger partial charge in [-0.25, -0.2) is 4.39 Å². The quantitative estimate of drug-likeness (QED) is 0.635. The van der Waals surface area contributed by atoms with Crippen LogP contribution in [0.3, 0.4) is 0 Å². The lowest BCUT2D eigenvalue weighted by atomic mass is 10.2. The van der Waals surface area contributed by atoms with E-state index in [0.717, 1.165) is 13.0 Å². The molecule has 0 fully saturated rings. The van der Waals surface area contributed by atoms with Gasteiger partial charge in [0.1, 0.15) is 0 Å². The van der Waals surface area contributed by atoms with Crippen molar-refractivity contribution in [2.45, 2.75) is 6.42 Å². The molecule has 0 saturated carbocycles. The van der Waals surface area contributed by atoms with Gasteiger partial charge in [0.25, 0.3) is 0 Å². The Balaban J connectivity index is 2.58. The Kier molecular flexibility index (Phi) is 6.20. The van der Waals surface area contributed by atoms with Gasteiger partial charge in [-0.1, -0.05) is 11.8 Å². The molecule has 0 heterocycles. The normalized spacial score (nSPS) is 10.1. The molecule has 0 saturated heterocycles. The molecule has 0 amide bonds. The average molecular weight is 250 g/mol. The van der Waals surface area contributed by atoms with E-state index in [2.05, 4.69) is 16.7 Å². The summed E-state index contributed by atoms with van der Waals surface area (Å²) in [5, 5.41) is 0. The fourth-order valence-corrected chi connectivity index (χ4v) is 1.41. The van der Waals surface area contributed by atoms with Crippen LogP contribution in [0.4, 0.5) is 4.39 Å². The molecule has 0 bridgehead atoms. The molecule has 0 atom stereocenters. The maximum atomic E-state index is 13.5. The maximum Gasteiger partial charge on any atom is 0.165 e. The van der Waals surface area contributed by atoms with Gasteiger partial charge in [-0.15, -0.1) is 0 Å². The van der Waals surface area contributed by atoms with E-state index in [1.54, 1.807) is 12.1 Å². The molecule has 1 aromatic carbocycles. The van der Waals surface area contributed by atoms with E-state index in [9.17, 15) is 4.39 Å². The van der Waals surface area contributed by atoms with Crippen LogP contribution in [0.1, 0.15) is 12.0 Å². The standard InChI is InChI=1S/C14H19FN2O/c1-17(2)9-4-10-18-14-11-12(5-3-8-16)6-7-13(14)15/h6-7,11H,4,8-10,16H2,1-2H3. The minimum Gasteiger partial charge on any atom is -0.490 e. The van der Waals surface area contributed by atoms with E-state index < -0.39 is 0 Å². The molecule has 4 heteroatoms. The molecule has 0 aliphatic heterocycles. The summed E-state index contributed by atoms with van der Waals surface area (Å²) in [7, 11) is 3.98. The van der Waals surface area contributed by atoms with Gasteiger partial charge >= 0.3 is 0 Å². The van der Waals surface area contributed by atoms with Gasteiger partial charge in [-0.05, 0) is 38.7 Å². The van der Waals surface area contributed by atoms with Gasteiger partial charge in [-0.2, -0.15) is 0 Å². The first-order chi connectivity index (χ1) is 8.63. The van der Waals surface area contributed by atoms with Crippen molar-refractivity contribution < 1.29 is 9.13 Å². The third-order valence-corrected chi connectivity index (χ3v) is 2.27. The van der Waals surface area contributed by atoms with Gasteiger partial charge in [0.2, 0.25) is 0 Å². The highest BCUT2D eigenvalue weighted by Crippen LogP contribution is 2.18. The van der Waals surface area contributed by atoms with Crippen molar-refractivity contribution in [2.24, 2.45) is 5.73 Å². The number of nitrogens with two attached hydrogens (primary N) is 1. The molecular formula is C14H19FN2O. The zero-order chi connectivity index (χ0) is 13.4. The second kappa shape index (κ2) is 7.70. The van der Waals surface area contributed by atoms with Gasteiger partial charge < -0.3 is 15.4 Å². The van der Waals surface area contributed by atoms with Crippen LogP contribution in [0, 0.1) is 17.7 Å². The van der Waals surface area contributed by atoms with Crippen molar-refractivity contribution >= 4 is 0 Å². The molecule has 2 N–H and O–H groups in total. The summed E-state index contributed by atoms with van der Waals surface area (Å²) in [5.41, 5.74) is 6.00. The summed E-state index contributed by atoms with van der Waals surface area (Å²) in [6, 6.07) is 4.58. The highest BCUT2D eigenvalue weighted by atomic mass is 19.1. The van der Waals surface area contributed by atoms with E-state index in [0.29, 0.717) is 12.2 Å². The number of benzene rings is 1. The Morgan fingerprint density at radius 2 is 2.17 bits per heavy atom. The molecule has 0 radical (unpaired) electrons.